The Morgan fingerprint density at radius 3 is 2.58 bits per heavy atom. The fourth-order valence-corrected chi connectivity index (χ4v) is 2.96. The number of aliphatic carboxylic acids is 1. The van der Waals surface area contributed by atoms with Crippen molar-refractivity contribution in [3.05, 3.63) is 52.8 Å². The molecule has 1 heterocycles. The van der Waals surface area contributed by atoms with Crippen molar-refractivity contribution in [1.82, 2.24) is 15.1 Å². The zero-order valence-electron chi connectivity index (χ0n) is 13.8. The van der Waals surface area contributed by atoms with E-state index in [1.807, 2.05) is 36.7 Å². The van der Waals surface area contributed by atoms with Crippen LogP contribution in [0.4, 0.5) is 0 Å². The predicted molar refractivity (Wildman–Crippen MR) is 88.3 cm³/mol. The zero-order valence-corrected chi connectivity index (χ0v) is 13.8. The van der Waals surface area contributed by atoms with E-state index in [1.165, 1.54) is 5.56 Å². The lowest BCUT2D eigenvalue weighted by Crippen LogP contribution is -2.26. The molecule has 0 saturated heterocycles. The summed E-state index contributed by atoms with van der Waals surface area (Å²) < 4.78 is 1.93. The Hall–Kier alpha value is -2.63. The number of benzene rings is 1. The fraction of sp³-hybridized carbons (Fsp3) is 0.389. The van der Waals surface area contributed by atoms with E-state index in [-0.39, 0.29) is 11.8 Å². The Labute approximate surface area is 140 Å². The Kier molecular flexibility index (Phi) is 4.38. The van der Waals surface area contributed by atoms with Crippen molar-refractivity contribution in [2.45, 2.75) is 33.4 Å². The number of aromatic nitrogens is 2. The molecule has 2 N–H and O–H groups in total. The van der Waals surface area contributed by atoms with Crippen molar-refractivity contribution in [2.24, 2.45) is 11.8 Å². The van der Waals surface area contributed by atoms with E-state index in [0.717, 1.165) is 17.0 Å². The third-order valence-electron chi connectivity index (χ3n) is 4.59. The van der Waals surface area contributed by atoms with Crippen molar-refractivity contribution < 1.29 is 14.7 Å². The first-order chi connectivity index (χ1) is 11.5. The van der Waals surface area contributed by atoms with Gasteiger partial charge in [-0.05, 0) is 25.8 Å². The van der Waals surface area contributed by atoms with Crippen LogP contribution in [0.2, 0.25) is 0 Å². The highest BCUT2D eigenvalue weighted by atomic mass is 16.4. The highest BCUT2D eigenvalue weighted by Crippen LogP contribution is 2.38. The fourth-order valence-electron chi connectivity index (χ4n) is 2.96. The Morgan fingerprint density at radius 1 is 1.25 bits per heavy atom. The number of nitrogens with zero attached hydrogens (tertiary/aromatic N) is 2. The summed E-state index contributed by atoms with van der Waals surface area (Å²) in [6.07, 6.45) is 0.437. The molecule has 0 bridgehead atoms. The van der Waals surface area contributed by atoms with Gasteiger partial charge in [0.1, 0.15) is 0 Å². The third-order valence-corrected chi connectivity index (χ3v) is 4.59. The van der Waals surface area contributed by atoms with Gasteiger partial charge < -0.3 is 10.4 Å². The van der Waals surface area contributed by atoms with Crippen LogP contribution in [-0.2, 0) is 22.7 Å². The molecule has 6 heteroatoms. The summed E-state index contributed by atoms with van der Waals surface area (Å²) in [6.45, 7) is 4.98. The molecule has 2 aromatic rings. The second-order valence-electron chi connectivity index (χ2n) is 6.30. The van der Waals surface area contributed by atoms with E-state index in [4.69, 9.17) is 5.11 Å². The van der Waals surface area contributed by atoms with Gasteiger partial charge >= 0.3 is 5.97 Å². The van der Waals surface area contributed by atoms with Gasteiger partial charge in [-0.15, -0.1) is 0 Å². The SMILES string of the molecule is Cc1nn(Cc2ccccc2)c(C)c1CNC(=O)[C@H]1C[C@@H]1C(=O)O. The lowest BCUT2D eigenvalue weighted by atomic mass is 10.2. The molecule has 24 heavy (non-hydrogen) atoms. The molecule has 1 fully saturated rings. The minimum atomic E-state index is -0.891. The molecule has 0 unspecified atom stereocenters. The topological polar surface area (TPSA) is 84.2 Å². The van der Waals surface area contributed by atoms with Crippen molar-refractivity contribution in [3.8, 4) is 0 Å². The molecule has 1 saturated carbocycles. The van der Waals surface area contributed by atoms with Gasteiger partial charge in [-0.1, -0.05) is 30.3 Å². The number of carbonyl (C=O) groups is 2. The van der Waals surface area contributed by atoms with Gasteiger partial charge in [0.25, 0.3) is 0 Å². The zero-order chi connectivity index (χ0) is 17.3. The molecule has 1 aliphatic carbocycles. The van der Waals surface area contributed by atoms with Crippen LogP contribution in [0, 0.1) is 25.7 Å². The van der Waals surface area contributed by atoms with E-state index >= 15 is 0 Å². The maximum atomic E-state index is 12.0. The number of nitrogens with one attached hydrogen (secondary N) is 1. The van der Waals surface area contributed by atoms with E-state index in [1.54, 1.807) is 0 Å². The van der Waals surface area contributed by atoms with E-state index in [2.05, 4.69) is 22.5 Å². The van der Waals surface area contributed by atoms with Gasteiger partial charge in [0, 0.05) is 17.8 Å². The first-order valence-corrected chi connectivity index (χ1v) is 8.04. The minimum Gasteiger partial charge on any atom is -0.481 e. The molecule has 3 rings (SSSR count). The van der Waals surface area contributed by atoms with Crippen LogP contribution in [0.5, 0.6) is 0 Å². The third kappa shape index (κ3) is 3.32. The van der Waals surface area contributed by atoms with Crippen LogP contribution in [0.15, 0.2) is 30.3 Å². The summed E-state index contributed by atoms with van der Waals surface area (Å²) >= 11 is 0. The molecule has 0 aliphatic heterocycles. The van der Waals surface area contributed by atoms with Crippen LogP contribution in [-0.4, -0.2) is 26.8 Å². The minimum absolute atomic E-state index is 0.183. The molecular formula is C18H21N3O3. The van der Waals surface area contributed by atoms with Gasteiger partial charge in [0.15, 0.2) is 0 Å². The average molecular weight is 327 g/mol. The first-order valence-electron chi connectivity index (χ1n) is 8.04. The molecule has 1 aromatic carbocycles. The van der Waals surface area contributed by atoms with Crippen LogP contribution in [0.1, 0.15) is 28.9 Å². The predicted octanol–water partition coefficient (Wildman–Crippen LogP) is 1.89. The van der Waals surface area contributed by atoms with Gasteiger partial charge in [-0.25, -0.2) is 0 Å². The van der Waals surface area contributed by atoms with Crippen molar-refractivity contribution in [2.75, 3.05) is 0 Å². The van der Waals surface area contributed by atoms with Gasteiger partial charge in [-0.2, -0.15) is 5.10 Å². The lowest BCUT2D eigenvalue weighted by molar-refractivity contribution is -0.140. The molecule has 1 aromatic heterocycles. The van der Waals surface area contributed by atoms with Gasteiger partial charge in [-0.3, -0.25) is 14.3 Å². The van der Waals surface area contributed by atoms with Crippen molar-refractivity contribution >= 4 is 11.9 Å². The molecule has 6 nitrogen and oxygen atoms in total. The molecule has 0 spiro atoms. The molecule has 2 atom stereocenters. The second kappa shape index (κ2) is 6.47. The summed E-state index contributed by atoms with van der Waals surface area (Å²) in [5, 5.41) is 16.3. The molecular weight excluding hydrogens is 306 g/mol. The van der Waals surface area contributed by atoms with Gasteiger partial charge in [0.2, 0.25) is 5.91 Å². The highest BCUT2D eigenvalue weighted by Gasteiger charge is 2.48. The standard InChI is InChI=1S/C18H21N3O3/c1-11-16(9-19-17(22)14-8-15(14)18(23)24)12(2)21(20-11)10-13-6-4-3-5-7-13/h3-7,14-15H,8-10H2,1-2H3,(H,19,22)(H,23,24)/t14-,15-/m0/s1. The lowest BCUT2D eigenvalue weighted by Gasteiger charge is -2.07. The maximum absolute atomic E-state index is 12.0. The van der Waals surface area contributed by atoms with Crippen molar-refractivity contribution in [1.29, 1.82) is 0 Å². The van der Waals surface area contributed by atoms with Gasteiger partial charge in [0.05, 0.1) is 24.1 Å². The number of aryl methyl sites for hydroxylation is 1. The molecule has 1 amide bonds. The molecule has 126 valence electrons. The largest absolute Gasteiger partial charge is 0.481 e. The van der Waals surface area contributed by atoms with Crippen LogP contribution in [0.3, 0.4) is 0 Å². The Balaban J connectivity index is 1.64. The molecule has 0 radical (unpaired) electrons. The number of carboxylic acids is 1. The van der Waals surface area contributed by atoms with Crippen LogP contribution < -0.4 is 5.32 Å². The van der Waals surface area contributed by atoms with Crippen LogP contribution >= 0.6 is 0 Å². The Bertz CT molecular complexity index is 767. The van der Waals surface area contributed by atoms with E-state index in [0.29, 0.717) is 19.5 Å². The second-order valence-corrected chi connectivity index (χ2v) is 6.30. The maximum Gasteiger partial charge on any atom is 0.307 e. The number of rotatable bonds is 6. The number of hydrogen-bond donors (Lipinski definition) is 2. The van der Waals surface area contributed by atoms with Crippen LogP contribution in [0.25, 0.3) is 0 Å². The smallest absolute Gasteiger partial charge is 0.307 e. The summed E-state index contributed by atoms with van der Waals surface area (Å²) in [6, 6.07) is 10.1. The molecule has 1 aliphatic rings. The number of carboxylic acid groups (broad SMARTS) is 1. The normalized spacial score (nSPS) is 19.1. The average Bonchev–Trinajstić information content (AvgIpc) is 3.31. The number of carbonyl (C=O) groups excluding carboxylic acids is 1. The van der Waals surface area contributed by atoms with E-state index < -0.39 is 11.9 Å². The van der Waals surface area contributed by atoms with E-state index in [9.17, 15) is 9.59 Å². The summed E-state index contributed by atoms with van der Waals surface area (Å²) in [7, 11) is 0. The van der Waals surface area contributed by atoms with Crippen molar-refractivity contribution in [3.63, 3.8) is 0 Å². The number of hydrogen-bond acceptors (Lipinski definition) is 3. The Morgan fingerprint density at radius 2 is 1.96 bits per heavy atom. The first kappa shape index (κ1) is 16.2. The summed E-state index contributed by atoms with van der Waals surface area (Å²) in [5.41, 5.74) is 4.06. The number of amides is 1. The highest BCUT2D eigenvalue weighted by molar-refractivity contribution is 5.89. The quantitative estimate of drug-likeness (QED) is 0.848. The summed E-state index contributed by atoms with van der Waals surface area (Å²) in [5.74, 6) is -1.98. The monoisotopic (exact) mass is 327 g/mol. The summed E-state index contributed by atoms with van der Waals surface area (Å²) in [4.78, 5) is 22.9.